The van der Waals surface area contributed by atoms with E-state index in [0.717, 1.165) is 49.8 Å². The number of hydrogen-bond acceptors (Lipinski definition) is 6. The SMILES string of the molecule is COc1cc(OC)cc(N2CCCN(c3ccc(F)nn3)CC2)c1. The van der Waals surface area contributed by atoms with Gasteiger partial charge in [-0.2, -0.15) is 4.39 Å². The van der Waals surface area contributed by atoms with Gasteiger partial charge in [-0.25, -0.2) is 0 Å². The Morgan fingerprint density at radius 1 is 0.875 bits per heavy atom. The number of aromatic nitrogens is 2. The molecule has 1 aromatic heterocycles. The highest BCUT2D eigenvalue weighted by atomic mass is 19.1. The first-order valence-electron chi connectivity index (χ1n) is 7.92. The Balaban J connectivity index is 1.74. The minimum absolute atomic E-state index is 0.557. The van der Waals surface area contributed by atoms with E-state index in [2.05, 4.69) is 20.0 Å². The molecular weight excluding hydrogens is 311 g/mol. The van der Waals surface area contributed by atoms with Crippen LogP contribution in [0.25, 0.3) is 0 Å². The number of halogens is 1. The minimum atomic E-state index is -0.557. The van der Waals surface area contributed by atoms with Crippen molar-refractivity contribution in [3.05, 3.63) is 36.3 Å². The standard InChI is InChI=1S/C17H21FN4O2/c1-23-14-10-13(11-15(12-14)24-2)21-6-3-7-22(9-8-21)17-5-4-16(18)19-20-17/h4-5,10-12H,3,6-9H2,1-2H3. The van der Waals surface area contributed by atoms with Crippen molar-refractivity contribution in [1.29, 1.82) is 0 Å². The molecule has 1 saturated heterocycles. The molecule has 1 aromatic carbocycles. The molecule has 0 amide bonds. The third-order valence-corrected chi connectivity index (χ3v) is 4.14. The molecule has 2 aromatic rings. The molecule has 7 heteroatoms. The molecule has 0 saturated carbocycles. The minimum Gasteiger partial charge on any atom is -0.497 e. The number of nitrogens with zero attached hydrogens (tertiary/aromatic N) is 4. The van der Waals surface area contributed by atoms with Crippen molar-refractivity contribution in [2.75, 3.05) is 50.2 Å². The van der Waals surface area contributed by atoms with Gasteiger partial charge in [0.2, 0.25) is 5.95 Å². The molecule has 0 atom stereocenters. The zero-order valence-electron chi connectivity index (χ0n) is 13.9. The quantitative estimate of drug-likeness (QED) is 0.857. The van der Waals surface area contributed by atoms with Gasteiger partial charge >= 0.3 is 0 Å². The highest BCUT2D eigenvalue weighted by molar-refractivity contribution is 5.56. The van der Waals surface area contributed by atoms with Crippen LogP contribution in [0.2, 0.25) is 0 Å². The fourth-order valence-corrected chi connectivity index (χ4v) is 2.86. The second-order valence-electron chi connectivity index (χ2n) is 5.61. The summed E-state index contributed by atoms with van der Waals surface area (Å²) in [6.45, 7) is 3.40. The first kappa shape index (κ1) is 16.3. The maximum atomic E-state index is 12.9. The van der Waals surface area contributed by atoms with E-state index in [-0.39, 0.29) is 0 Å². The largest absolute Gasteiger partial charge is 0.497 e. The normalized spacial score (nSPS) is 15.1. The first-order chi connectivity index (χ1) is 11.7. The van der Waals surface area contributed by atoms with Gasteiger partial charge in [-0.05, 0) is 18.6 Å². The molecule has 1 aliphatic heterocycles. The van der Waals surface area contributed by atoms with Crippen molar-refractivity contribution in [3.63, 3.8) is 0 Å². The number of benzene rings is 1. The zero-order valence-corrected chi connectivity index (χ0v) is 13.9. The molecule has 0 radical (unpaired) electrons. The van der Waals surface area contributed by atoms with Crippen LogP contribution in [0.1, 0.15) is 6.42 Å². The molecule has 24 heavy (non-hydrogen) atoms. The maximum absolute atomic E-state index is 12.9. The number of rotatable bonds is 4. The maximum Gasteiger partial charge on any atom is 0.233 e. The molecule has 0 bridgehead atoms. The van der Waals surface area contributed by atoms with Crippen molar-refractivity contribution in [2.45, 2.75) is 6.42 Å². The Labute approximate surface area is 140 Å². The lowest BCUT2D eigenvalue weighted by molar-refractivity contribution is 0.394. The van der Waals surface area contributed by atoms with E-state index in [1.807, 2.05) is 18.2 Å². The van der Waals surface area contributed by atoms with Gasteiger partial charge in [0, 0.05) is 50.1 Å². The van der Waals surface area contributed by atoms with E-state index < -0.39 is 5.95 Å². The van der Waals surface area contributed by atoms with Gasteiger partial charge in [-0.15, -0.1) is 10.2 Å². The third-order valence-electron chi connectivity index (χ3n) is 4.14. The Morgan fingerprint density at radius 2 is 1.54 bits per heavy atom. The van der Waals surface area contributed by atoms with Crippen LogP contribution in [0.15, 0.2) is 30.3 Å². The highest BCUT2D eigenvalue weighted by Crippen LogP contribution is 2.29. The smallest absolute Gasteiger partial charge is 0.233 e. The second-order valence-corrected chi connectivity index (χ2v) is 5.61. The topological polar surface area (TPSA) is 50.7 Å². The molecule has 2 heterocycles. The number of ether oxygens (including phenoxy) is 2. The molecular formula is C17H21FN4O2. The molecule has 0 spiro atoms. The predicted molar refractivity (Wildman–Crippen MR) is 90.6 cm³/mol. The average molecular weight is 332 g/mol. The predicted octanol–water partition coefficient (Wildman–Crippen LogP) is 2.35. The summed E-state index contributed by atoms with van der Waals surface area (Å²) in [7, 11) is 3.30. The van der Waals surface area contributed by atoms with Crippen LogP contribution in [0.4, 0.5) is 15.9 Å². The summed E-state index contributed by atoms with van der Waals surface area (Å²) < 4.78 is 23.6. The van der Waals surface area contributed by atoms with Gasteiger partial charge in [0.1, 0.15) is 11.5 Å². The van der Waals surface area contributed by atoms with Crippen molar-refractivity contribution < 1.29 is 13.9 Å². The summed E-state index contributed by atoms with van der Waals surface area (Å²) in [4.78, 5) is 4.42. The van der Waals surface area contributed by atoms with Crippen molar-refractivity contribution in [2.24, 2.45) is 0 Å². The second kappa shape index (κ2) is 7.33. The molecule has 0 N–H and O–H groups in total. The highest BCUT2D eigenvalue weighted by Gasteiger charge is 2.18. The van der Waals surface area contributed by atoms with Gasteiger partial charge < -0.3 is 19.3 Å². The fraction of sp³-hybridized carbons (Fsp3) is 0.412. The molecule has 0 aliphatic carbocycles. The molecule has 1 aliphatic rings. The van der Waals surface area contributed by atoms with E-state index in [4.69, 9.17) is 9.47 Å². The van der Waals surface area contributed by atoms with E-state index in [1.165, 1.54) is 6.07 Å². The van der Waals surface area contributed by atoms with Crippen LogP contribution >= 0.6 is 0 Å². The van der Waals surface area contributed by atoms with Crippen molar-refractivity contribution in [3.8, 4) is 11.5 Å². The van der Waals surface area contributed by atoms with Crippen LogP contribution in [0, 0.1) is 5.95 Å². The molecule has 6 nitrogen and oxygen atoms in total. The summed E-state index contributed by atoms with van der Waals surface area (Å²) in [6, 6.07) is 8.90. The van der Waals surface area contributed by atoms with Gasteiger partial charge in [0.25, 0.3) is 0 Å². The van der Waals surface area contributed by atoms with Gasteiger partial charge in [0.15, 0.2) is 5.82 Å². The molecule has 128 valence electrons. The summed E-state index contributed by atoms with van der Waals surface area (Å²) in [5, 5.41) is 7.44. The summed E-state index contributed by atoms with van der Waals surface area (Å²) in [6.07, 6.45) is 0.971. The van der Waals surface area contributed by atoms with Gasteiger partial charge in [0.05, 0.1) is 14.2 Å². The molecule has 0 unspecified atom stereocenters. The Hall–Kier alpha value is -2.57. The summed E-state index contributed by atoms with van der Waals surface area (Å²) in [5.41, 5.74) is 1.07. The lowest BCUT2D eigenvalue weighted by Crippen LogP contribution is -2.31. The summed E-state index contributed by atoms with van der Waals surface area (Å²) in [5.74, 6) is 1.70. The van der Waals surface area contributed by atoms with Crippen LogP contribution < -0.4 is 19.3 Å². The van der Waals surface area contributed by atoms with Crippen LogP contribution in [-0.4, -0.2) is 50.6 Å². The zero-order chi connectivity index (χ0) is 16.9. The average Bonchev–Trinajstić information content (AvgIpc) is 2.88. The van der Waals surface area contributed by atoms with Crippen LogP contribution in [0.3, 0.4) is 0 Å². The Kier molecular flexibility index (Phi) is 4.98. The van der Waals surface area contributed by atoms with Gasteiger partial charge in [-0.3, -0.25) is 0 Å². The van der Waals surface area contributed by atoms with E-state index in [0.29, 0.717) is 5.82 Å². The number of anilines is 2. The van der Waals surface area contributed by atoms with E-state index >= 15 is 0 Å². The lowest BCUT2D eigenvalue weighted by atomic mass is 10.2. The van der Waals surface area contributed by atoms with Gasteiger partial charge in [-0.1, -0.05) is 0 Å². The van der Waals surface area contributed by atoms with Crippen molar-refractivity contribution in [1.82, 2.24) is 10.2 Å². The third kappa shape index (κ3) is 3.67. The monoisotopic (exact) mass is 332 g/mol. The van der Waals surface area contributed by atoms with E-state index in [9.17, 15) is 4.39 Å². The number of hydrogen-bond donors (Lipinski definition) is 0. The number of methoxy groups -OCH3 is 2. The Morgan fingerprint density at radius 3 is 2.17 bits per heavy atom. The molecule has 3 rings (SSSR count). The van der Waals surface area contributed by atoms with Crippen LogP contribution in [-0.2, 0) is 0 Å². The summed E-state index contributed by atoms with van der Waals surface area (Å²) >= 11 is 0. The lowest BCUT2D eigenvalue weighted by Gasteiger charge is -2.24. The van der Waals surface area contributed by atoms with E-state index in [1.54, 1.807) is 20.3 Å². The van der Waals surface area contributed by atoms with Crippen molar-refractivity contribution >= 4 is 11.5 Å². The fourth-order valence-electron chi connectivity index (χ4n) is 2.86. The van der Waals surface area contributed by atoms with Crippen LogP contribution in [0.5, 0.6) is 11.5 Å². The first-order valence-corrected chi connectivity index (χ1v) is 7.92. The molecule has 1 fully saturated rings. The Bertz CT molecular complexity index is 659.